The molecule has 128 valence electrons. The summed E-state index contributed by atoms with van der Waals surface area (Å²) in [5.74, 6) is 0.789. The largest absolute Gasteiger partial charge is 0.493 e. The smallest absolute Gasteiger partial charge is 0.225 e. The lowest BCUT2D eigenvalue weighted by molar-refractivity contribution is -0.130. The Bertz CT molecular complexity index is 639. The summed E-state index contributed by atoms with van der Waals surface area (Å²) < 4.78 is 5.65. The minimum absolute atomic E-state index is 0.00514. The quantitative estimate of drug-likeness (QED) is 0.927. The van der Waals surface area contributed by atoms with Gasteiger partial charge in [0.05, 0.1) is 18.6 Å². The number of nitrogens with one attached hydrogen (secondary N) is 1. The van der Waals surface area contributed by atoms with Crippen LogP contribution in [-0.2, 0) is 9.59 Å². The fraction of sp³-hybridized carbons (Fsp3) is 0.579. The molecule has 1 saturated heterocycles. The van der Waals surface area contributed by atoms with Crippen LogP contribution in [-0.4, -0.2) is 35.9 Å². The van der Waals surface area contributed by atoms with E-state index < -0.39 is 0 Å². The number of fused-ring (bicyclic) bond motifs is 1. The highest BCUT2D eigenvalue weighted by molar-refractivity contribution is 5.89. The first kappa shape index (κ1) is 15.5. The maximum absolute atomic E-state index is 12.7. The first-order valence-corrected chi connectivity index (χ1v) is 9.04. The van der Waals surface area contributed by atoms with Crippen molar-refractivity contribution in [3.63, 3.8) is 0 Å². The predicted molar refractivity (Wildman–Crippen MR) is 89.5 cm³/mol. The maximum Gasteiger partial charge on any atom is 0.225 e. The van der Waals surface area contributed by atoms with Gasteiger partial charge in [-0.1, -0.05) is 31.0 Å². The average molecular weight is 328 g/mol. The molecule has 5 nitrogen and oxygen atoms in total. The number of amides is 2. The molecule has 1 saturated carbocycles. The van der Waals surface area contributed by atoms with E-state index >= 15 is 0 Å². The Balaban J connectivity index is 1.41. The molecule has 2 heterocycles. The molecule has 2 aliphatic heterocycles. The standard InChI is InChI=1S/C19H24N2O3/c22-18-11-13(12-21(18)14-5-1-2-6-14)19(23)20-16-9-10-24-17-8-4-3-7-15(16)17/h3-4,7-8,13-14,16H,1-2,5-6,9-12H2,(H,20,23). The molecule has 2 atom stereocenters. The van der Waals surface area contributed by atoms with Crippen LogP contribution in [0, 0.1) is 5.92 Å². The second kappa shape index (κ2) is 6.46. The number of benzene rings is 1. The van der Waals surface area contributed by atoms with Crippen molar-refractivity contribution in [2.24, 2.45) is 5.92 Å². The molecule has 4 rings (SSSR count). The number of carbonyl (C=O) groups excluding carboxylic acids is 2. The summed E-state index contributed by atoms with van der Waals surface area (Å²) in [5.41, 5.74) is 1.04. The van der Waals surface area contributed by atoms with Crippen LogP contribution in [0.3, 0.4) is 0 Å². The summed E-state index contributed by atoms with van der Waals surface area (Å²) >= 11 is 0. The van der Waals surface area contributed by atoms with Gasteiger partial charge >= 0.3 is 0 Å². The van der Waals surface area contributed by atoms with Gasteiger partial charge in [-0.15, -0.1) is 0 Å². The molecule has 1 aromatic carbocycles. The third kappa shape index (κ3) is 2.87. The van der Waals surface area contributed by atoms with E-state index in [9.17, 15) is 9.59 Å². The Morgan fingerprint density at radius 2 is 1.96 bits per heavy atom. The van der Waals surface area contributed by atoms with E-state index in [0.29, 0.717) is 25.6 Å². The summed E-state index contributed by atoms with van der Waals surface area (Å²) in [6.07, 6.45) is 5.71. The molecule has 2 amide bonds. The molecule has 5 heteroatoms. The number of nitrogens with zero attached hydrogens (tertiary/aromatic N) is 1. The Morgan fingerprint density at radius 1 is 1.17 bits per heavy atom. The molecular weight excluding hydrogens is 304 g/mol. The lowest BCUT2D eigenvalue weighted by atomic mass is 9.99. The van der Waals surface area contributed by atoms with Crippen LogP contribution >= 0.6 is 0 Å². The minimum Gasteiger partial charge on any atom is -0.493 e. The van der Waals surface area contributed by atoms with E-state index in [4.69, 9.17) is 4.74 Å². The zero-order valence-corrected chi connectivity index (χ0v) is 13.9. The number of para-hydroxylation sites is 1. The van der Waals surface area contributed by atoms with Gasteiger partial charge in [-0.05, 0) is 18.9 Å². The number of carbonyl (C=O) groups is 2. The monoisotopic (exact) mass is 328 g/mol. The summed E-state index contributed by atoms with van der Waals surface area (Å²) in [6.45, 7) is 1.19. The first-order chi connectivity index (χ1) is 11.7. The molecule has 2 fully saturated rings. The number of rotatable bonds is 3. The van der Waals surface area contributed by atoms with E-state index in [1.54, 1.807) is 0 Å². The van der Waals surface area contributed by atoms with Gasteiger partial charge in [0.25, 0.3) is 0 Å². The molecule has 1 N–H and O–H groups in total. The van der Waals surface area contributed by atoms with Crippen molar-refractivity contribution in [1.82, 2.24) is 10.2 Å². The van der Waals surface area contributed by atoms with Gasteiger partial charge in [0.1, 0.15) is 5.75 Å². The summed E-state index contributed by atoms with van der Waals surface area (Å²) in [7, 11) is 0. The number of hydrogen-bond donors (Lipinski definition) is 1. The van der Waals surface area contributed by atoms with Crippen LogP contribution in [0.25, 0.3) is 0 Å². The fourth-order valence-electron chi connectivity index (χ4n) is 4.26. The second-order valence-electron chi connectivity index (χ2n) is 7.12. The Hall–Kier alpha value is -2.04. The van der Waals surface area contributed by atoms with Crippen LogP contribution in [0.5, 0.6) is 5.75 Å². The number of hydrogen-bond acceptors (Lipinski definition) is 3. The van der Waals surface area contributed by atoms with Crippen molar-refractivity contribution < 1.29 is 14.3 Å². The molecule has 24 heavy (non-hydrogen) atoms. The molecular formula is C19H24N2O3. The summed E-state index contributed by atoms with van der Waals surface area (Å²) in [4.78, 5) is 26.9. The molecule has 1 aliphatic carbocycles. The van der Waals surface area contributed by atoms with Crippen molar-refractivity contribution in [1.29, 1.82) is 0 Å². The van der Waals surface area contributed by atoms with Crippen LogP contribution in [0.4, 0.5) is 0 Å². The average Bonchev–Trinajstić information content (AvgIpc) is 3.24. The van der Waals surface area contributed by atoms with Gasteiger partial charge < -0.3 is 15.0 Å². The van der Waals surface area contributed by atoms with Crippen molar-refractivity contribution in [3.05, 3.63) is 29.8 Å². The van der Waals surface area contributed by atoms with Crippen molar-refractivity contribution in [2.75, 3.05) is 13.2 Å². The lowest BCUT2D eigenvalue weighted by Gasteiger charge is -2.28. The van der Waals surface area contributed by atoms with E-state index in [2.05, 4.69) is 5.32 Å². The van der Waals surface area contributed by atoms with Gasteiger partial charge in [0.15, 0.2) is 0 Å². The minimum atomic E-state index is -0.215. The zero-order valence-electron chi connectivity index (χ0n) is 13.9. The molecule has 0 aromatic heterocycles. The van der Waals surface area contributed by atoms with Crippen LogP contribution in [0.1, 0.15) is 50.1 Å². The Labute approximate surface area is 142 Å². The van der Waals surface area contributed by atoms with Gasteiger partial charge in [-0.2, -0.15) is 0 Å². The Morgan fingerprint density at radius 3 is 2.79 bits per heavy atom. The summed E-state index contributed by atoms with van der Waals surface area (Å²) in [5, 5.41) is 3.15. The first-order valence-electron chi connectivity index (χ1n) is 9.04. The maximum atomic E-state index is 12.7. The molecule has 0 radical (unpaired) electrons. The molecule has 1 aromatic rings. The normalized spacial score (nSPS) is 27.0. The van der Waals surface area contributed by atoms with Gasteiger partial charge in [0.2, 0.25) is 11.8 Å². The fourth-order valence-corrected chi connectivity index (χ4v) is 4.26. The van der Waals surface area contributed by atoms with Crippen LogP contribution in [0.15, 0.2) is 24.3 Å². The van der Waals surface area contributed by atoms with Crippen molar-refractivity contribution >= 4 is 11.8 Å². The van der Waals surface area contributed by atoms with E-state index in [-0.39, 0.29) is 23.8 Å². The second-order valence-corrected chi connectivity index (χ2v) is 7.12. The molecule has 2 unspecified atom stereocenters. The van der Waals surface area contributed by atoms with Crippen molar-refractivity contribution in [3.8, 4) is 5.75 Å². The highest BCUT2D eigenvalue weighted by Gasteiger charge is 2.39. The van der Waals surface area contributed by atoms with E-state index in [1.165, 1.54) is 12.8 Å². The molecule has 0 spiro atoms. The van der Waals surface area contributed by atoms with E-state index in [0.717, 1.165) is 30.6 Å². The number of ether oxygens (including phenoxy) is 1. The molecule has 3 aliphatic rings. The highest BCUT2D eigenvalue weighted by Crippen LogP contribution is 2.33. The zero-order chi connectivity index (χ0) is 16.5. The van der Waals surface area contributed by atoms with E-state index in [1.807, 2.05) is 29.2 Å². The highest BCUT2D eigenvalue weighted by atomic mass is 16.5. The van der Waals surface area contributed by atoms with Crippen molar-refractivity contribution in [2.45, 2.75) is 50.6 Å². The van der Waals surface area contributed by atoms with Crippen LogP contribution < -0.4 is 10.1 Å². The lowest BCUT2D eigenvalue weighted by Crippen LogP contribution is -2.39. The topological polar surface area (TPSA) is 58.6 Å². The number of likely N-dealkylation sites (tertiary alicyclic amines) is 1. The summed E-state index contributed by atoms with van der Waals surface area (Å²) in [6, 6.07) is 8.20. The SMILES string of the molecule is O=C(NC1CCOc2ccccc21)C1CC(=O)N(C2CCCC2)C1. The van der Waals surface area contributed by atoms with Gasteiger partial charge in [-0.3, -0.25) is 9.59 Å². The van der Waals surface area contributed by atoms with Crippen LogP contribution in [0.2, 0.25) is 0 Å². The Kier molecular flexibility index (Phi) is 4.17. The molecule has 0 bridgehead atoms. The third-order valence-electron chi connectivity index (χ3n) is 5.57. The van der Waals surface area contributed by atoms with Gasteiger partial charge in [0, 0.05) is 31.0 Å². The third-order valence-corrected chi connectivity index (χ3v) is 5.57. The predicted octanol–water partition coefficient (Wildman–Crippen LogP) is 2.42. The van der Waals surface area contributed by atoms with Gasteiger partial charge in [-0.25, -0.2) is 0 Å².